The Labute approximate surface area is 147 Å². The monoisotopic (exact) mass is 352 g/mol. The predicted molar refractivity (Wildman–Crippen MR) is 101 cm³/mol. The molecule has 1 aromatic heterocycles. The highest BCUT2D eigenvalue weighted by Crippen LogP contribution is 2.37. The molecule has 1 aromatic rings. The summed E-state index contributed by atoms with van der Waals surface area (Å²) in [4.78, 5) is 16.9. The van der Waals surface area contributed by atoms with Crippen molar-refractivity contribution in [2.45, 2.75) is 71.9 Å². The van der Waals surface area contributed by atoms with Crippen LogP contribution in [0.15, 0.2) is 18.3 Å². The van der Waals surface area contributed by atoms with Gasteiger partial charge in [0.05, 0.1) is 12.7 Å². The molecule has 24 heavy (non-hydrogen) atoms. The molecule has 0 bridgehead atoms. The number of nitrogens with one attached hydrogen (secondary N) is 1. The quantitative estimate of drug-likeness (QED) is 0.749. The Morgan fingerprint density at radius 1 is 1.29 bits per heavy atom. The molecule has 0 saturated heterocycles. The lowest BCUT2D eigenvalue weighted by atomic mass is 10.2. The Balaban J connectivity index is 2.87. The van der Waals surface area contributed by atoms with Crippen LogP contribution >= 0.6 is 0 Å². The molecule has 1 unspecified atom stereocenters. The highest BCUT2D eigenvalue weighted by Gasteiger charge is 2.41. The second-order valence-corrected chi connectivity index (χ2v) is 12.7. The van der Waals surface area contributed by atoms with Crippen LogP contribution in [0.4, 0.5) is 5.82 Å². The minimum absolute atomic E-state index is 0.0193. The molecule has 5 nitrogen and oxygen atoms in total. The third-order valence-electron chi connectivity index (χ3n) is 4.28. The standard InChI is InChI=1S/C18H32N2O3Si/c1-13(2)22-12-15(23-24(7,8)18(4,5)6)17(21)20-16-10-9-14(3)11-19-16/h9-11,13,15H,12H2,1-8H3,(H,19,20,21). The van der Waals surface area contributed by atoms with E-state index in [1.54, 1.807) is 12.3 Å². The van der Waals surface area contributed by atoms with Crippen LogP contribution in [0.2, 0.25) is 18.1 Å². The number of nitrogens with zero attached hydrogens (tertiary/aromatic N) is 1. The van der Waals surface area contributed by atoms with E-state index >= 15 is 0 Å². The number of anilines is 1. The summed E-state index contributed by atoms with van der Waals surface area (Å²) in [6.07, 6.45) is 1.13. The summed E-state index contributed by atoms with van der Waals surface area (Å²) in [5.74, 6) is 0.316. The van der Waals surface area contributed by atoms with Crippen molar-refractivity contribution < 1.29 is 14.0 Å². The first-order valence-electron chi connectivity index (χ1n) is 8.45. The zero-order chi connectivity index (χ0) is 18.5. The van der Waals surface area contributed by atoms with E-state index in [1.165, 1.54) is 0 Å². The molecule has 1 heterocycles. The zero-order valence-electron chi connectivity index (χ0n) is 16.3. The molecule has 0 spiro atoms. The number of aryl methyl sites for hydroxylation is 1. The number of hydrogen-bond acceptors (Lipinski definition) is 4. The van der Waals surface area contributed by atoms with Gasteiger partial charge in [-0.1, -0.05) is 26.8 Å². The average molecular weight is 353 g/mol. The Kier molecular flexibility index (Phi) is 7.13. The van der Waals surface area contributed by atoms with Crippen LogP contribution in [0.1, 0.15) is 40.2 Å². The van der Waals surface area contributed by atoms with Crippen molar-refractivity contribution in [1.29, 1.82) is 0 Å². The normalized spacial score (nSPS) is 13.9. The molecular weight excluding hydrogens is 320 g/mol. The largest absolute Gasteiger partial charge is 0.403 e. The van der Waals surface area contributed by atoms with Crippen molar-refractivity contribution in [2.75, 3.05) is 11.9 Å². The number of carbonyl (C=O) groups is 1. The van der Waals surface area contributed by atoms with E-state index in [9.17, 15) is 4.79 Å². The highest BCUT2D eigenvalue weighted by atomic mass is 28.4. The molecule has 136 valence electrons. The maximum absolute atomic E-state index is 12.7. The highest BCUT2D eigenvalue weighted by molar-refractivity contribution is 6.74. The van der Waals surface area contributed by atoms with Gasteiger partial charge >= 0.3 is 0 Å². The van der Waals surface area contributed by atoms with Gasteiger partial charge in [-0.15, -0.1) is 0 Å². The van der Waals surface area contributed by atoms with Crippen LogP contribution in [0.3, 0.4) is 0 Å². The molecule has 1 amide bonds. The maximum Gasteiger partial charge on any atom is 0.255 e. The van der Waals surface area contributed by atoms with Crippen LogP contribution in [-0.2, 0) is 14.0 Å². The van der Waals surface area contributed by atoms with Gasteiger partial charge in [0.25, 0.3) is 5.91 Å². The Morgan fingerprint density at radius 3 is 2.38 bits per heavy atom. The van der Waals surface area contributed by atoms with Crippen LogP contribution in [-0.4, -0.2) is 38.0 Å². The van der Waals surface area contributed by atoms with E-state index in [0.717, 1.165) is 5.56 Å². The van der Waals surface area contributed by atoms with Crippen molar-refractivity contribution in [3.63, 3.8) is 0 Å². The lowest BCUT2D eigenvalue weighted by molar-refractivity contribution is -0.126. The van der Waals surface area contributed by atoms with Gasteiger partial charge in [-0.05, 0) is 50.5 Å². The SMILES string of the molecule is Cc1ccc(NC(=O)C(COC(C)C)O[Si](C)(C)C(C)(C)C)nc1. The third kappa shape index (κ3) is 6.34. The first-order chi connectivity index (χ1) is 10.9. The number of rotatable bonds is 7. The second-order valence-electron chi connectivity index (χ2n) is 7.96. The second kappa shape index (κ2) is 8.23. The van der Waals surface area contributed by atoms with E-state index in [-0.39, 0.29) is 23.7 Å². The van der Waals surface area contributed by atoms with Gasteiger partial charge in [-0.3, -0.25) is 4.79 Å². The molecule has 1 rings (SSSR count). The summed E-state index contributed by atoms with van der Waals surface area (Å²) in [5.41, 5.74) is 1.05. The third-order valence-corrected chi connectivity index (χ3v) is 8.77. The van der Waals surface area contributed by atoms with Gasteiger partial charge in [-0.25, -0.2) is 4.98 Å². The van der Waals surface area contributed by atoms with E-state index in [4.69, 9.17) is 9.16 Å². The summed E-state index contributed by atoms with van der Waals surface area (Å²) in [6, 6.07) is 3.71. The van der Waals surface area contributed by atoms with Crippen LogP contribution < -0.4 is 5.32 Å². The summed E-state index contributed by atoms with van der Waals surface area (Å²) in [6.45, 7) is 16.8. The van der Waals surface area contributed by atoms with Crippen LogP contribution in [0, 0.1) is 6.92 Å². The fourth-order valence-corrected chi connectivity index (χ4v) is 2.96. The Hall–Kier alpha value is -1.24. The molecule has 1 N–H and O–H groups in total. The minimum Gasteiger partial charge on any atom is -0.403 e. The lowest BCUT2D eigenvalue weighted by Gasteiger charge is -2.38. The van der Waals surface area contributed by atoms with Crippen molar-refractivity contribution >= 4 is 20.0 Å². The first-order valence-corrected chi connectivity index (χ1v) is 11.4. The minimum atomic E-state index is -2.09. The molecule has 0 aromatic carbocycles. The van der Waals surface area contributed by atoms with Gasteiger partial charge in [0.1, 0.15) is 11.9 Å². The van der Waals surface area contributed by atoms with Crippen LogP contribution in [0.25, 0.3) is 0 Å². The maximum atomic E-state index is 12.7. The summed E-state index contributed by atoms with van der Waals surface area (Å²) < 4.78 is 11.9. The van der Waals surface area contributed by atoms with E-state index < -0.39 is 14.4 Å². The molecule has 6 heteroatoms. The smallest absolute Gasteiger partial charge is 0.255 e. The number of carbonyl (C=O) groups excluding carboxylic acids is 1. The van der Waals surface area contributed by atoms with Gasteiger partial charge < -0.3 is 14.5 Å². The summed E-state index contributed by atoms with van der Waals surface area (Å²) >= 11 is 0. The molecule has 0 radical (unpaired) electrons. The van der Waals surface area contributed by atoms with Crippen molar-refractivity contribution in [3.05, 3.63) is 23.9 Å². The van der Waals surface area contributed by atoms with E-state index in [2.05, 4.69) is 44.2 Å². The fraction of sp³-hybridized carbons (Fsp3) is 0.667. The van der Waals surface area contributed by atoms with Crippen molar-refractivity contribution in [1.82, 2.24) is 4.98 Å². The van der Waals surface area contributed by atoms with Gasteiger partial charge in [0.2, 0.25) is 0 Å². The number of aromatic nitrogens is 1. The summed E-state index contributed by atoms with van der Waals surface area (Å²) in [5, 5.41) is 2.85. The van der Waals surface area contributed by atoms with Crippen molar-refractivity contribution in [3.8, 4) is 0 Å². The number of hydrogen-bond donors (Lipinski definition) is 1. The Morgan fingerprint density at radius 2 is 1.92 bits per heavy atom. The molecule has 1 atom stereocenters. The predicted octanol–water partition coefficient (Wildman–Crippen LogP) is 4.14. The zero-order valence-corrected chi connectivity index (χ0v) is 17.3. The van der Waals surface area contributed by atoms with Crippen LogP contribution in [0.5, 0.6) is 0 Å². The number of pyridine rings is 1. The first kappa shape index (κ1) is 20.8. The topological polar surface area (TPSA) is 60.5 Å². The number of amides is 1. The lowest BCUT2D eigenvalue weighted by Crippen LogP contribution is -2.49. The van der Waals surface area contributed by atoms with Gasteiger partial charge in [0.15, 0.2) is 8.32 Å². The van der Waals surface area contributed by atoms with E-state index in [0.29, 0.717) is 5.82 Å². The molecule has 0 aliphatic rings. The molecule has 0 saturated carbocycles. The molecule has 0 aliphatic heterocycles. The molecule has 0 aliphatic carbocycles. The number of ether oxygens (including phenoxy) is 1. The van der Waals surface area contributed by atoms with Gasteiger partial charge in [0, 0.05) is 6.20 Å². The molecule has 0 fully saturated rings. The summed E-state index contributed by atoms with van der Waals surface area (Å²) in [7, 11) is -2.09. The Bertz CT molecular complexity index is 536. The van der Waals surface area contributed by atoms with Crippen molar-refractivity contribution in [2.24, 2.45) is 0 Å². The van der Waals surface area contributed by atoms with E-state index in [1.807, 2.05) is 26.8 Å². The van der Waals surface area contributed by atoms with Gasteiger partial charge in [-0.2, -0.15) is 0 Å². The molecular formula is C18H32N2O3Si. The fourth-order valence-electron chi connectivity index (χ4n) is 1.72. The average Bonchev–Trinajstić information content (AvgIpc) is 2.44.